The van der Waals surface area contributed by atoms with Gasteiger partial charge in [-0.05, 0) is 50.6 Å². The maximum absolute atomic E-state index is 6.80. The minimum atomic E-state index is -1.65. The highest BCUT2D eigenvalue weighted by molar-refractivity contribution is 6.69. The third-order valence-electron chi connectivity index (χ3n) is 4.51. The van der Waals surface area contributed by atoms with Crippen LogP contribution in [0.3, 0.4) is 0 Å². The van der Waals surface area contributed by atoms with Gasteiger partial charge >= 0.3 is 0 Å². The monoisotopic (exact) mass is 288 g/mol. The van der Waals surface area contributed by atoms with Gasteiger partial charge in [-0.3, -0.25) is 0 Å². The Morgan fingerprint density at radius 1 is 1.20 bits per heavy atom. The first-order valence-electron chi connectivity index (χ1n) is 7.60. The van der Waals surface area contributed by atoms with Crippen LogP contribution in [0.15, 0.2) is 47.6 Å². The van der Waals surface area contributed by atoms with Crippen molar-refractivity contribution >= 4 is 8.32 Å². The molecule has 20 heavy (non-hydrogen) atoms. The first kappa shape index (κ1) is 15.5. The van der Waals surface area contributed by atoms with Gasteiger partial charge in [0.1, 0.15) is 0 Å². The molecule has 1 unspecified atom stereocenters. The van der Waals surface area contributed by atoms with Crippen LogP contribution in [0, 0.1) is 5.41 Å². The Kier molecular flexibility index (Phi) is 4.00. The van der Waals surface area contributed by atoms with Crippen molar-refractivity contribution in [3.05, 3.63) is 47.6 Å². The van der Waals surface area contributed by atoms with E-state index in [2.05, 4.69) is 76.9 Å². The van der Waals surface area contributed by atoms with E-state index >= 15 is 0 Å². The van der Waals surface area contributed by atoms with Crippen molar-refractivity contribution < 1.29 is 4.43 Å². The molecule has 0 spiro atoms. The zero-order valence-corrected chi connectivity index (χ0v) is 14.8. The molecule has 0 bridgehead atoms. The Bertz CT molecular complexity index is 500. The second-order valence-corrected chi connectivity index (χ2v) is 11.9. The van der Waals surface area contributed by atoms with Crippen molar-refractivity contribution in [3.63, 3.8) is 0 Å². The second-order valence-electron chi connectivity index (χ2n) is 7.45. The van der Waals surface area contributed by atoms with Gasteiger partial charge in [-0.15, -0.1) is 0 Å². The van der Waals surface area contributed by atoms with Crippen LogP contribution in [0.2, 0.25) is 19.6 Å². The molecule has 0 fully saturated rings. The molecule has 0 aliphatic heterocycles. The molecule has 2 aliphatic rings. The molecule has 2 heteroatoms. The highest BCUT2D eigenvalue weighted by Crippen LogP contribution is 2.51. The molecule has 0 N–H and O–H groups in total. The Morgan fingerprint density at radius 2 is 1.90 bits per heavy atom. The molecule has 0 saturated heterocycles. The molecule has 0 aromatic rings. The summed E-state index contributed by atoms with van der Waals surface area (Å²) in [5.74, 6) is 0. The maximum atomic E-state index is 6.80. The van der Waals surface area contributed by atoms with Gasteiger partial charge < -0.3 is 4.43 Å². The minimum Gasteiger partial charge on any atom is -0.407 e. The lowest BCUT2D eigenvalue weighted by atomic mass is 9.64. The van der Waals surface area contributed by atoms with Gasteiger partial charge in [0.15, 0.2) is 8.32 Å². The Hall–Kier alpha value is -0.863. The van der Waals surface area contributed by atoms with Gasteiger partial charge in [0.25, 0.3) is 0 Å². The smallest absolute Gasteiger partial charge is 0.185 e. The zero-order valence-electron chi connectivity index (χ0n) is 13.8. The summed E-state index contributed by atoms with van der Waals surface area (Å²) in [5.41, 5.74) is 2.56. The van der Waals surface area contributed by atoms with Crippen LogP contribution >= 0.6 is 0 Å². The molecule has 0 amide bonds. The molecular weight excluding hydrogens is 260 g/mol. The van der Waals surface area contributed by atoms with Crippen molar-refractivity contribution in [2.24, 2.45) is 5.41 Å². The van der Waals surface area contributed by atoms with E-state index in [1.807, 2.05) is 0 Å². The van der Waals surface area contributed by atoms with Gasteiger partial charge in [0.2, 0.25) is 0 Å². The van der Waals surface area contributed by atoms with Crippen LogP contribution in [-0.4, -0.2) is 13.9 Å². The number of hydrogen-bond acceptors (Lipinski definition) is 1. The summed E-state index contributed by atoms with van der Waals surface area (Å²) in [6.07, 6.45) is 15.5. The number of allylic oxidation sites excluding steroid dienone is 5. The average molecular weight is 289 g/mol. The molecule has 1 nitrogen and oxygen atoms in total. The third-order valence-corrected chi connectivity index (χ3v) is 5.47. The van der Waals surface area contributed by atoms with E-state index < -0.39 is 8.32 Å². The Labute approximate surface area is 125 Å². The largest absolute Gasteiger partial charge is 0.407 e. The predicted molar refractivity (Wildman–Crippen MR) is 90.3 cm³/mol. The third kappa shape index (κ3) is 2.64. The van der Waals surface area contributed by atoms with Crippen molar-refractivity contribution in [3.8, 4) is 0 Å². The summed E-state index contributed by atoms with van der Waals surface area (Å²) in [5, 5.41) is 0. The topological polar surface area (TPSA) is 9.23 Å². The van der Waals surface area contributed by atoms with E-state index in [9.17, 15) is 0 Å². The Balaban J connectivity index is 2.49. The van der Waals surface area contributed by atoms with Crippen molar-refractivity contribution in [1.82, 2.24) is 0 Å². The van der Waals surface area contributed by atoms with Crippen LogP contribution in [0.1, 0.15) is 33.6 Å². The van der Waals surface area contributed by atoms with Gasteiger partial charge in [-0.2, -0.15) is 0 Å². The first-order valence-corrected chi connectivity index (χ1v) is 11.0. The highest BCUT2D eigenvalue weighted by atomic mass is 28.4. The molecular formula is C18H28OSi. The van der Waals surface area contributed by atoms with Crippen molar-refractivity contribution in [2.75, 3.05) is 0 Å². The van der Waals surface area contributed by atoms with Gasteiger partial charge in [-0.1, -0.05) is 50.3 Å². The van der Waals surface area contributed by atoms with Crippen LogP contribution < -0.4 is 0 Å². The summed E-state index contributed by atoms with van der Waals surface area (Å²) >= 11 is 0. The van der Waals surface area contributed by atoms with E-state index in [0.29, 0.717) is 0 Å². The molecule has 0 aromatic heterocycles. The van der Waals surface area contributed by atoms with Gasteiger partial charge in [-0.25, -0.2) is 0 Å². The lowest BCUT2D eigenvalue weighted by molar-refractivity contribution is 0.00692. The SMILES string of the molecule is CC1=CC=CCC1(O[Si](C)(C)C)C(C)(C)C1=CCC=C1. The summed E-state index contributed by atoms with van der Waals surface area (Å²) in [6.45, 7) is 13.8. The molecule has 2 aliphatic carbocycles. The molecule has 0 heterocycles. The van der Waals surface area contributed by atoms with Crippen LogP contribution in [0.25, 0.3) is 0 Å². The summed E-state index contributed by atoms with van der Waals surface area (Å²) < 4.78 is 6.80. The predicted octanol–water partition coefficient (Wildman–Crippen LogP) is 5.40. The Morgan fingerprint density at radius 3 is 2.40 bits per heavy atom. The second kappa shape index (κ2) is 5.16. The van der Waals surface area contributed by atoms with Gasteiger partial charge in [0.05, 0.1) is 5.60 Å². The summed E-state index contributed by atoms with van der Waals surface area (Å²) in [7, 11) is -1.65. The van der Waals surface area contributed by atoms with Crippen LogP contribution in [0.5, 0.6) is 0 Å². The first-order chi connectivity index (χ1) is 9.19. The zero-order chi connectivity index (χ0) is 15.0. The normalized spacial score (nSPS) is 26.7. The molecule has 0 aromatic carbocycles. The lowest BCUT2D eigenvalue weighted by Gasteiger charge is -2.52. The van der Waals surface area contributed by atoms with E-state index in [1.165, 1.54) is 11.1 Å². The van der Waals surface area contributed by atoms with E-state index in [0.717, 1.165) is 12.8 Å². The quantitative estimate of drug-likeness (QED) is 0.630. The standard InChI is InChI=1S/C18H28OSi/c1-15-11-9-10-14-18(15,19-20(4,5)6)17(2,3)16-12-7-8-13-16/h7,9-13H,8,14H2,1-6H3. The fraction of sp³-hybridized carbons (Fsp3) is 0.556. The fourth-order valence-corrected chi connectivity index (χ4v) is 4.96. The molecule has 0 saturated carbocycles. The van der Waals surface area contributed by atoms with E-state index in [-0.39, 0.29) is 11.0 Å². The number of rotatable bonds is 4. The van der Waals surface area contributed by atoms with Crippen molar-refractivity contribution in [1.29, 1.82) is 0 Å². The lowest BCUT2D eigenvalue weighted by Crippen LogP contribution is -2.54. The van der Waals surface area contributed by atoms with E-state index in [4.69, 9.17) is 4.43 Å². The fourth-order valence-electron chi connectivity index (χ4n) is 3.42. The summed E-state index contributed by atoms with van der Waals surface area (Å²) in [6, 6.07) is 0. The van der Waals surface area contributed by atoms with Crippen LogP contribution in [0.4, 0.5) is 0 Å². The van der Waals surface area contributed by atoms with Crippen molar-refractivity contribution in [2.45, 2.75) is 58.9 Å². The number of hydrogen-bond donors (Lipinski definition) is 0. The molecule has 110 valence electrons. The highest BCUT2D eigenvalue weighted by Gasteiger charge is 2.50. The average Bonchev–Trinajstić information content (AvgIpc) is 2.84. The molecule has 1 atom stereocenters. The maximum Gasteiger partial charge on any atom is 0.185 e. The van der Waals surface area contributed by atoms with Gasteiger partial charge in [0, 0.05) is 5.41 Å². The molecule has 2 rings (SSSR count). The summed E-state index contributed by atoms with van der Waals surface area (Å²) in [4.78, 5) is 0. The minimum absolute atomic E-state index is 0.00831. The molecule has 0 radical (unpaired) electrons. The van der Waals surface area contributed by atoms with E-state index in [1.54, 1.807) is 0 Å². The van der Waals surface area contributed by atoms with Crippen LogP contribution in [-0.2, 0) is 4.43 Å².